The molecule has 0 spiro atoms. The van der Waals surface area contributed by atoms with Crippen LogP contribution in [0.5, 0.6) is 0 Å². The number of carbonyl (C=O) groups is 2. The third-order valence-corrected chi connectivity index (χ3v) is 4.69. The number of hydrogen-bond donors (Lipinski definition) is 0. The number of carbonyl (C=O) groups excluding carboxylic acids is 2. The number of fused-ring (bicyclic) bond motifs is 4. The topological polar surface area (TPSA) is 34.1 Å². The van der Waals surface area contributed by atoms with Crippen molar-refractivity contribution in [3.05, 3.63) is 53.6 Å². The number of ketones is 2. The van der Waals surface area contributed by atoms with Crippen molar-refractivity contribution in [2.45, 2.75) is 19.8 Å². The predicted molar refractivity (Wildman–Crippen MR) is 78.6 cm³/mol. The Morgan fingerprint density at radius 1 is 1.00 bits per heavy atom. The largest absolute Gasteiger partial charge is 0.295 e. The van der Waals surface area contributed by atoms with Crippen molar-refractivity contribution in [2.75, 3.05) is 0 Å². The van der Waals surface area contributed by atoms with Crippen LogP contribution in [0.4, 0.5) is 0 Å². The van der Waals surface area contributed by atoms with Gasteiger partial charge < -0.3 is 0 Å². The number of rotatable bonds is 0. The fraction of sp³-hybridized carbons (Fsp3) is 0.222. The quantitative estimate of drug-likeness (QED) is 0.724. The van der Waals surface area contributed by atoms with Crippen molar-refractivity contribution < 1.29 is 9.59 Å². The third-order valence-electron chi connectivity index (χ3n) is 4.69. The minimum atomic E-state index is -0.506. The Morgan fingerprint density at radius 3 is 2.35 bits per heavy atom. The molecule has 0 amide bonds. The summed E-state index contributed by atoms with van der Waals surface area (Å²) in [6, 6.07) is 12.1. The van der Waals surface area contributed by atoms with Gasteiger partial charge in [0.2, 0.25) is 0 Å². The Morgan fingerprint density at radius 2 is 1.65 bits per heavy atom. The maximum absolute atomic E-state index is 12.8. The Bertz CT molecular complexity index is 813. The molecule has 0 N–H and O–H groups in total. The highest BCUT2D eigenvalue weighted by Crippen LogP contribution is 2.51. The maximum atomic E-state index is 12.8. The van der Waals surface area contributed by atoms with Gasteiger partial charge in [-0.25, -0.2) is 0 Å². The van der Waals surface area contributed by atoms with Gasteiger partial charge in [0, 0.05) is 12.0 Å². The third kappa shape index (κ3) is 1.34. The van der Waals surface area contributed by atoms with E-state index in [1.54, 1.807) is 6.08 Å². The Kier molecular flexibility index (Phi) is 2.12. The average molecular weight is 262 g/mol. The molecule has 98 valence electrons. The van der Waals surface area contributed by atoms with Gasteiger partial charge in [-0.1, -0.05) is 24.3 Å². The molecule has 0 heterocycles. The summed E-state index contributed by atoms with van der Waals surface area (Å²) in [5.74, 6) is 0.295. The minimum absolute atomic E-state index is 0.131. The first-order chi connectivity index (χ1) is 9.59. The molecule has 0 radical (unpaired) electrons. The van der Waals surface area contributed by atoms with Gasteiger partial charge in [-0.3, -0.25) is 9.59 Å². The molecular weight excluding hydrogens is 248 g/mol. The summed E-state index contributed by atoms with van der Waals surface area (Å²) in [5.41, 5.74) is 2.13. The molecule has 0 bridgehead atoms. The molecule has 0 aromatic heterocycles. The zero-order valence-electron chi connectivity index (χ0n) is 11.3. The summed E-state index contributed by atoms with van der Waals surface area (Å²) < 4.78 is 0. The Hall–Kier alpha value is -2.22. The lowest BCUT2D eigenvalue weighted by molar-refractivity contribution is -0.115. The Balaban J connectivity index is 2.07. The first kappa shape index (κ1) is 11.6. The molecule has 2 aromatic carbocycles. The molecule has 0 aliphatic heterocycles. The first-order valence-corrected chi connectivity index (χ1v) is 6.92. The second-order valence-electron chi connectivity index (χ2n) is 5.93. The van der Waals surface area contributed by atoms with Crippen molar-refractivity contribution in [2.24, 2.45) is 5.41 Å². The average Bonchev–Trinajstić information content (AvgIpc) is 2.67. The van der Waals surface area contributed by atoms with Gasteiger partial charge in [0.15, 0.2) is 11.6 Å². The molecule has 0 unspecified atom stereocenters. The smallest absolute Gasteiger partial charge is 0.173 e. The molecule has 2 nitrogen and oxygen atoms in total. The van der Waals surface area contributed by atoms with E-state index in [9.17, 15) is 9.59 Å². The predicted octanol–water partition coefficient (Wildman–Crippen LogP) is 3.79. The van der Waals surface area contributed by atoms with E-state index in [4.69, 9.17) is 0 Å². The fourth-order valence-electron chi connectivity index (χ4n) is 3.46. The van der Waals surface area contributed by atoms with Crippen LogP contribution in [0, 0.1) is 5.41 Å². The van der Waals surface area contributed by atoms with Crippen LogP contribution in [0.15, 0.2) is 42.5 Å². The van der Waals surface area contributed by atoms with Crippen LogP contribution in [0.1, 0.15) is 35.7 Å². The number of allylic oxidation sites excluding steroid dienone is 2. The van der Waals surface area contributed by atoms with Gasteiger partial charge in [-0.05, 0) is 53.5 Å². The molecule has 1 atom stereocenters. The van der Waals surface area contributed by atoms with Crippen molar-refractivity contribution in [1.82, 2.24) is 0 Å². The van der Waals surface area contributed by atoms with E-state index < -0.39 is 5.41 Å². The number of hydrogen-bond acceptors (Lipinski definition) is 2. The number of benzene rings is 2. The lowest BCUT2D eigenvalue weighted by atomic mass is 9.74. The van der Waals surface area contributed by atoms with Gasteiger partial charge in [-0.2, -0.15) is 0 Å². The van der Waals surface area contributed by atoms with Crippen LogP contribution < -0.4 is 0 Å². The highest BCUT2D eigenvalue weighted by molar-refractivity contribution is 6.22. The molecular formula is C18H14O2. The normalized spacial score (nSPS) is 24.6. The van der Waals surface area contributed by atoms with Crippen LogP contribution in [-0.2, 0) is 4.79 Å². The minimum Gasteiger partial charge on any atom is -0.295 e. The molecule has 0 fully saturated rings. The van der Waals surface area contributed by atoms with E-state index in [2.05, 4.69) is 6.07 Å². The van der Waals surface area contributed by atoms with Crippen LogP contribution in [0.25, 0.3) is 16.3 Å². The van der Waals surface area contributed by atoms with E-state index in [0.717, 1.165) is 27.5 Å². The summed E-state index contributed by atoms with van der Waals surface area (Å²) in [6.45, 7) is 1.97. The van der Waals surface area contributed by atoms with Gasteiger partial charge in [0.05, 0.1) is 5.41 Å². The summed E-state index contributed by atoms with van der Waals surface area (Å²) >= 11 is 0. The zero-order chi connectivity index (χ0) is 13.9. The monoisotopic (exact) mass is 262 g/mol. The van der Waals surface area contributed by atoms with Crippen LogP contribution in [-0.4, -0.2) is 11.6 Å². The second kappa shape index (κ2) is 3.66. The maximum Gasteiger partial charge on any atom is 0.173 e. The molecule has 4 rings (SSSR count). The van der Waals surface area contributed by atoms with Crippen molar-refractivity contribution >= 4 is 27.9 Å². The van der Waals surface area contributed by atoms with Crippen LogP contribution in [0.3, 0.4) is 0 Å². The molecule has 2 aliphatic rings. The van der Waals surface area contributed by atoms with E-state index >= 15 is 0 Å². The standard InChI is InChI=1S/C18H14O2/c1-18-7-6-13(19)10-16(18)14-8-11-4-2-3-5-12(11)9-15(14)17(18)20/h2-5,8-10H,6-7H2,1H3/t18-/m1/s1. The molecule has 0 saturated carbocycles. The molecule has 2 heteroatoms. The van der Waals surface area contributed by atoms with E-state index in [1.165, 1.54) is 0 Å². The van der Waals surface area contributed by atoms with Crippen molar-refractivity contribution in [1.29, 1.82) is 0 Å². The van der Waals surface area contributed by atoms with Gasteiger partial charge in [0.25, 0.3) is 0 Å². The van der Waals surface area contributed by atoms with E-state index in [-0.39, 0.29) is 11.6 Å². The van der Waals surface area contributed by atoms with Gasteiger partial charge >= 0.3 is 0 Å². The lowest BCUT2D eigenvalue weighted by Crippen LogP contribution is -2.27. The lowest BCUT2D eigenvalue weighted by Gasteiger charge is -2.27. The Labute approximate surface area is 117 Å². The van der Waals surface area contributed by atoms with Gasteiger partial charge in [-0.15, -0.1) is 0 Å². The van der Waals surface area contributed by atoms with Crippen molar-refractivity contribution in [3.8, 4) is 0 Å². The first-order valence-electron chi connectivity index (χ1n) is 6.92. The molecule has 0 saturated heterocycles. The fourth-order valence-corrected chi connectivity index (χ4v) is 3.46. The SMILES string of the molecule is C[C@@]12CCC(=O)C=C1c1cc3ccccc3cc1C2=O. The van der Waals surface area contributed by atoms with Gasteiger partial charge in [0.1, 0.15) is 0 Å². The molecule has 2 aromatic rings. The highest BCUT2D eigenvalue weighted by atomic mass is 16.1. The number of Topliss-reactive ketones (excluding diaryl/α,β-unsaturated/α-hetero) is 1. The molecule has 20 heavy (non-hydrogen) atoms. The zero-order valence-corrected chi connectivity index (χ0v) is 11.3. The van der Waals surface area contributed by atoms with E-state index in [0.29, 0.717) is 12.8 Å². The summed E-state index contributed by atoms with van der Waals surface area (Å²) in [6.07, 6.45) is 2.78. The second-order valence-corrected chi connectivity index (χ2v) is 5.93. The summed E-state index contributed by atoms with van der Waals surface area (Å²) in [5, 5.41) is 2.19. The summed E-state index contributed by atoms with van der Waals surface area (Å²) in [4.78, 5) is 24.5. The molecule has 2 aliphatic carbocycles. The summed E-state index contributed by atoms with van der Waals surface area (Å²) in [7, 11) is 0. The van der Waals surface area contributed by atoms with Crippen LogP contribution >= 0.6 is 0 Å². The highest BCUT2D eigenvalue weighted by Gasteiger charge is 2.47. The van der Waals surface area contributed by atoms with E-state index in [1.807, 2.05) is 37.3 Å². The van der Waals surface area contributed by atoms with Crippen molar-refractivity contribution in [3.63, 3.8) is 0 Å². The van der Waals surface area contributed by atoms with Crippen LogP contribution in [0.2, 0.25) is 0 Å².